The van der Waals surface area contributed by atoms with Crippen LogP contribution in [0.15, 0.2) is 71.6 Å². The fourth-order valence-corrected chi connectivity index (χ4v) is 4.57. The molecule has 3 rings (SSSR count). The summed E-state index contributed by atoms with van der Waals surface area (Å²) in [6.45, 7) is 3.53. The summed E-state index contributed by atoms with van der Waals surface area (Å²) >= 11 is 6.00. The first-order chi connectivity index (χ1) is 15.2. The van der Waals surface area contributed by atoms with Crippen LogP contribution in [0.4, 0.5) is 15.8 Å². The zero-order valence-corrected chi connectivity index (χ0v) is 19.1. The fraction of sp³-hybridized carbons (Fsp3) is 0.174. The van der Waals surface area contributed by atoms with E-state index in [1.165, 1.54) is 36.4 Å². The van der Waals surface area contributed by atoms with Crippen molar-refractivity contribution in [1.29, 1.82) is 0 Å². The van der Waals surface area contributed by atoms with Crippen LogP contribution in [-0.4, -0.2) is 27.5 Å². The SMILES string of the molecule is CCOc1ccc(S(=O)(=O)N(CC(=O)Nc2cc(Cl)ccc2C)c2ccc(F)cc2)cc1. The van der Waals surface area contributed by atoms with Crippen molar-refractivity contribution in [2.24, 2.45) is 0 Å². The first-order valence-electron chi connectivity index (χ1n) is 9.78. The predicted octanol–water partition coefficient (Wildman–Crippen LogP) is 5.02. The van der Waals surface area contributed by atoms with Gasteiger partial charge in [0.2, 0.25) is 5.91 Å². The van der Waals surface area contributed by atoms with Crippen molar-refractivity contribution in [2.45, 2.75) is 18.7 Å². The second kappa shape index (κ2) is 10.0. The number of amides is 1. The molecule has 168 valence electrons. The van der Waals surface area contributed by atoms with Crippen LogP contribution < -0.4 is 14.4 Å². The molecule has 0 bridgehead atoms. The average Bonchev–Trinajstić information content (AvgIpc) is 2.76. The van der Waals surface area contributed by atoms with Gasteiger partial charge in [0.15, 0.2) is 0 Å². The van der Waals surface area contributed by atoms with Gasteiger partial charge in [0.25, 0.3) is 10.0 Å². The van der Waals surface area contributed by atoms with E-state index < -0.39 is 28.3 Å². The lowest BCUT2D eigenvalue weighted by Gasteiger charge is -2.24. The van der Waals surface area contributed by atoms with Gasteiger partial charge < -0.3 is 10.1 Å². The minimum Gasteiger partial charge on any atom is -0.494 e. The first-order valence-corrected chi connectivity index (χ1v) is 11.6. The lowest BCUT2D eigenvalue weighted by atomic mass is 10.2. The molecule has 1 N–H and O–H groups in total. The Labute approximate surface area is 191 Å². The summed E-state index contributed by atoms with van der Waals surface area (Å²) in [7, 11) is -4.14. The summed E-state index contributed by atoms with van der Waals surface area (Å²) in [5.41, 5.74) is 1.39. The van der Waals surface area contributed by atoms with E-state index in [1.807, 2.05) is 6.92 Å². The Hall–Kier alpha value is -3.10. The molecule has 0 spiro atoms. The highest BCUT2D eigenvalue weighted by Crippen LogP contribution is 2.26. The third-order valence-corrected chi connectivity index (χ3v) is 6.62. The molecule has 0 radical (unpaired) electrons. The molecule has 0 fully saturated rings. The zero-order chi connectivity index (χ0) is 23.3. The molecule has 3 aromatic carbocycles. The molecule has 0 atom stereocenters. The maximum Gasteiger partial charge on any atom is 0.264 e. The van der Waals surface area contributed by atoms with Crippen molar-refractivity contribution in [2.75, 3.05) is 22.8 Å². The summed E-state index contributed by atoms with van der Waals surface area (Å²) < 4.78 is 46.5. The molecular formula is C23H22ClFN2O4S. The van der Waals surface area contributed by atoms with E-state index in [0.29, 0.717) is 23.1 Å². The number of hydrogen-bond donors (Lipinski definition) is 1. The van der Waals surface area contributed by atoms with Gasteiger partial charge in [0.1, 0.15) is 18.1 Å². The van der Waals surface area contributed by atoms with Crippen molar-refractivity contribution >= 4 is 38.9 Å². The van der Waals surface area contributed by atoms with E-state index in [-0.39, 0.29) is 10.6 Å². The Morgan fingerprint density at radius 1 is 1.06 bits per heavy atom. The lowest BCUT2D eigenvalue weighted by Crippen LogP contribution is -2.38. The van der Waals surface area contributed by atoms with Crippen LogP contribution in [0.1, 0.15) is 12.5 Å². The second-order valence-corrected chi connectivity index (χ2v) is 9.20. The summed E-state index contributed by atoms with van der Waals surface area (Å²) in [4.78, 5) is 12.8. The molecule has 0 aliphatic carbocycles. The molecule has 32 heavy (non-hydrogen) atoms. The highest BCUT2D eigenvalue weighted by molar-refractivity contribution is 7.92. The third kappa shape index (κ3) is 5.57. The largest absolute Gasteiger partial charge is 0.494 e. The Balaban J connectivity index is 1.93. The van der Waals surface area contributed by atoms with E-state index in [0.717, 1.165) is 22.0 Å². The van der Waals surface area contributed by atoms with Crippen LogP contribution in [0.5, 0.6) is 5.75 Å². The Morgan fingerprint density at radius 3 is 2.34 bits per heavy atom. The minimum atomic E-state index is -4.14. The van der Waals surface area contributed by atoms with Gasteiger partial charge in [-0.15, -0.1) is 0 Å². The van der Waals surface area contributed by atoms with Crippen LogP contribution in [0.3, 0.4) is 0 Å². The number of nitrogens with zero attached hydrogens (tertiary/aromatic N) is 1. The standard InChI is InChI=1S/C23H22ClFN2O4S/c1-3-31-20-10-12-21(13-11-20)32(29,30)27(19-8-6-18(25)7-9-19)15-23(28)26-22-14-17(24)5-4-16(22)2/h4-14H,3,15H2,1-2H3,(H,26,28). The van der Waals surface area contributed by atoms with Gasteiger partial charge in [0, 0.05) is 10.7 Å². The van der Waals surface area contributed by atoms with Crippen molar-refractivity contribution in [3.05, 3.63) is 83.1 Å². The number of sulfonamides is 1. The van der Waals surface area contributed by atoms with Gasteiger partial charge in [-0.05, 0) is 80.1 Å². The summed E-state index contributed by atoms with van der Waals surface area (Å²) in [6.07, 6.45) is 0. The van der Waals surface area contributed by atoms with Crippen molar-refractivity contribution < 1.29 is 22.3 Å². The highest BCUT2D eigenvalue weighted by Gasteiger charge is 2.27. The van der Waals surface area contributed by atoms with Crippen molar-refractivity contribution in [1.82, 2.24) is 0 Å². The van der Waals surface area contributed by atoms with Crippen molar-refractivity contribution in [3.63, 3.8) is 0 Å². The van der Waals surface area contributed by atoms with E-state index in [2.05, 4.69) is 5.32 Å². The maximum atomic E-state index is 13.4. The molecule has 1 amide bonds. The van der Waals surface area contributed by atoms with Gasteiger partial charge in [-0.25, -0.2) is 12.8 Å². The van der Waals surface area contributed by atoms with Gasteiger partial charge in [-0.1, -0.05) is 17.7 Å². The molecular weight excluding hydrogens is 455 g/mol. The normalized spacial score (nSPS) is 11.1. The number of carbonyl (C=O) groups excluding carboxylic acids is 1. The number of hydrogen-bond acceptors (Lipinski definition) is 4. The summed E-state index contributed by atoms with van der Waals surface area (Å²) in [5, 5.41) is 3.12. The van der Waals surface area contributed by atoms with Crippen molar-refractivity contribution in [3.8, 4) is 5.75 Å². The molecule has 0 heterocycles. The number of anilines is 2. The number of rotatable bonds is 8. The number of aryl methyl sites for hydroxylation is 1. The summed E-state index contributed by atoms with van der Waals surface area (Å²) in [6, 6.07) is 15.8. The Bertz CT molecular complexity index is 1200. The van der Waals surface area contributed by atoms with E-state index in [9.17, 15) is 17.6 Å². The van der Waals surface area contributed by atoms with Gasteiger partial charge >= 0.3 is 0 Å². The number of carbonyl (C=O) groups is 1. The zero-order valence-electron chi connectivity index (χ0n) is 17.5. The predicted molar refractivity (Wildman–Crippen MR) is 123 cm³/mol. The molecule has 6 nitrogen and oxygen atoms in total. The lowest BCUT2D eigenvalue weighted by molar-refractivity contribution is -0.114. The second-order valence-electron chi connectivity index (χ2n) is 6.90. The number of nitrogens with one attached hydrogen (secondary N) is 1. The number of ether oxygens (including phenoxy) is 1. The van der Waals surface area contributed by atoms with Crippen LogP contribution in [0.2, 0.25) is 5.02 Å². The van der Waals surface area contributed by atoms with E-state index in [1.54, 1.807) is 25.1 Å². The number of halogens is 2. The van der Waals surface area contributed by atoms with E-state index >= 15 is 0 Å². The maximum absolute atomic E-state index is 13.4. The van der Waals surface area contributed by atoms with E-state index in [4.69, 9.17) is 16.3 Å². The Morgan fingerprint density at radius 2 is 1.72 bits per heavy atom. The fourth-order valence-electron chi connectivity index (χ4n) is 2.97. The molecule has 0 unspecified atom stereocenters. The first kappa shape index (κ1) is 23.6. The molecule has 0 saturated carbocycles. The molecule has 3 aromatic rings. The topological polar surface area (TPSA) is 75.7 Å². The Kier molecular flexibility index (Phi) is 7.37. The molecule has 0 aliphatic heterocycles. The van der Waals surface area contributed by atoms with Gasteiger partial charge in [-0.2, -0.15) is 0 Å². The average molecular weight is 477 g/mol. The van der Waals surface area contributed by atoms with Crippen LogP contribution >= 0.6 is 11.6 Å². The van der Waals surface area contributed by atoms with Crippen LogP contribution in [-0.2, 0) is 14.8 Å². The molecule has 0 aliphatic rings. The summed E-state index contributed by atoms with van der Waals surface area (Å²) in [5.74, 6) is -0.575. The van der Waals surface area contributed by atoms with Crippen LogP contribution in [0, 0.1) is 12.7 Å². The van der Waals surface area contributed by atoms with Gasteiger partial charge in [-0.3, -0.25) is 9.10 Å². The minimum absolute atomic E-state index is 0.0305. The molecule has 0 aromatic heterocycles. The number of benzene rings is 3. The smallest absolute Gasteiger partial charge is 0.264 e. The third-order valence-electron chi connectivity index (χ3n) is 4.60. The quantitative estimate of drug-likeness (QED) is 0.495. The van der Waals surface area contributed by atoms with Crippen LogP contribution in [0.25, 0.3) is 0 Å². The van der Waals surface area contributed by atoms with Gasteiger partial charge in [0.05, 0.1) is 17.2 Å². The molecule has 0 saturated heterocycles. The highest BCUT2D eigenvalue weighted by atomic mass is 35.5. The molecule has 9 heteroatoms. The monoisotopic (exact) mass is 476 g/mol.